The first kappa shape index (κ1) is 16.6. The minimum atomic E-state index is -1.06. The average Bonchev–Trinajstić information content (AvgIpc) is 2.43. The third kappa shape index (κ3) is 5.18. The van der Waals surface area contributed by atoms with E-state index in [4.69, 9.17) is 14.6 Å². The number of carbonyl (C=O) groups excluding carboxylic acids is 1. The molecule has 21 heavy (non-hydrogen) atoms. The van der Waals surface area contributed by atoms with Gasteiger partial charge >= 0.3 is 5.97 Å². The van der Waals surface area contributed by atoms with Crippen LogP contribution in [0.1, 0.15) is 12.5 Å². The lowest BCUT2D eigenvalue weighted by Crippen LogP contribution is -2.27. The SMILES string of the molecule is CCOc1cccc(/C=C/C(=O)O)c1OCC(=O)N(C)C. The van der Waals surface area contributed by atoms with Gasteiger partial charge in [0.25, 0.3) is 5.91 Å². The number of ether oxygens (including phenoxy) is 2. The second-order valence-electron chi connectivity index (χ2n) is 4.36. The van der Waals surface area contributed by atoms with Crippen LogP contribution in [0.3, 0.4) is 0 Å². The minimum absolute atomic E-state index is 0.148. The van der Waals surface area contributed by atoms with Crippen molar-refractivity contribution < 1.29 is 24.2 Å². The third-order valence-corrected chi connectivity index (χ3v) is 2.55. The molecule has 1 rings (SSSR count). The Bertz CT molecular complexity index is 537. The Labute approximate surface area is 123 Å². The van der Waals surface area contributed by atoms with E-state index in [1.807, 2.05) is 6.92 Å². The van der Waals surface area contributed by atoms with Gasteiger partial charge in [-0.25, -0.2) is 4.79 Å². The van der Waals surface area contributed by atoms with Crippen molar-refractivity contribution in [3.8, 4) is 11.5 Å². The Morgan fingerprint density at radius 1 is 1.29 bits per heavy atom. The fraction of sp³-hybridized carbons (Fsp3) is 0.333. The van der Waals surface area contributed by atoms with Crippen LogP contribution in [-0.4, -0.2) is 49.2 Å². The summed E-state index contributed by atoms with van der Waals surface area (Å²) in [6.07, 6.45) is 2.41. The summed E-state index contributed by atoms with van der Waals surface area (Å²) in [6, 6.07) is 5.13. The Morgan fingerprint density at radius 3 is 2.57 bits per heavy atom. The first-order valence-corrected chi connectivity index (χ1v) is 6.45. The fourth-order valence-electron chi connectivity index (χ4n) is 1.51. The van der Waals surface area contributed by atoms with Gasteiger partial charge in [0, 0.05) is 25.7 Å². The van der Waals surface area contributed by atoms with Crippen LogP contribution in [0, 0.1) is 0 Å². The zero-order chi connectivity index (χ0) is 15.8. The predicted octanol–water partition coefficient (Wildman–Crippen LogP) is 1.65. The molecule has 0 unspecified atom stereocenters. The molecule has 0 radical (unpaired) electrons. The van der Waals surface area contributed by atoms with Crippen LogP contribution in [0.5, 0.6) is 11.5 Å². The molecule has 6 heteroatoms. The van der Waals surface area contributed by atoms with Gasteiger partial charge in [0.1, 0.15) is 0 Å². The third-order valence-electron chi connectivity index (χ3n) is 2.55. The normalized spacial score (nSPS) is 10.4. The van der Waals surface area contributed by atoms with Crippen LogP contribution in [0.15, 0.2) is 24.3 Å². The maximum absolute atomic E-state index is 11.6. The quantitative estimate of drug-likeness (QED) is 0.774. The van der Waals surface area contributed by atoms with Gasteiger partial charge in [0.15, 0.2) is 18.1 Å². The molecule has 1 N–H and O–H groups in total. The molecule has 1 amide bonds. The lowest BCUT2D eigenvalue weighted by atomic mass is 10.1. The molecule has 0 fully saturated rings. The van der Waals surface area contributed by atoms with Gasteiger partial charge in [-0.1, -0.05) is 12.1 Å². The van der Waals surface area contributed by atoms with Gasteiger partial charge in [0.2, 0.25) is 0 Å². The Balaban J connectivity index is 3.04. The van der Waals surface area contributed by atoms with E-state index in [0.29, 0.717) is 23.7 Å². The standard InChI is InChI=1S/C15H19NO5/c1-4-20-12-7-5-6-11(8-9-14(18)19)15(12)21-10-13(17)16(2)3/h5-9H,4,10H2,1-3H3,(H,18,19)/b9-8+. The maximum Gasteiger partial charge on any atom is 0.328 e. The molecule has 0 aliphatic carbocycles. The number of para-hydroxylation sites is 1. The van der Waals surface area contributed by atoms with Crippen LogP contribution in [0.2, 0.25) is 0 Å². The molecule has 6 nitrogen and oxygen atoms in total. The molecule has 0 heterocycles. The van der Waals surface area contributed by atoms with E-state index in [2.05, 4.69) is 0 Å². The van der Waals surface area contributed by atoms with Crippen LogP contribution < -0.4 is 9.47 Å². The van der Waals surface area contributed by atoms with Gasteiger partial charge in [-0.05, 0) is 19.1 Å². The molecule has 0 aliphatic rings. The number of likely N-dealkylation sites (N-methyl/N-ethyl adjacent to an activating group) is 1. The van der Waals surface area contributed by atoms with Gasteiger partial charge in [-0.2, -0.15) is 0 Å². The van der Waals surface area contributed by atoms with E-state index in [-0.39, 0.29) is 12.5 Å². The smallest absolute Gasteiger partial charge is 0.328 e. The van der Waals surface area contributed by atoms with Gasteiger partial charge in [-0.3, -0.25) is 4.79 Å². The minimum Gasteiger partial charge on any atom is -0.490 e. The first-order valence-electron chi connectivity index (χ1n) is 6.45. The molecule has 1 aromatic rings. The van der Waals surface area contributed by atoms with Crippen LogP contribution in [0.25, 0.3) is 6.08 Å². The molecule has 0 spiro atoms. The van der Waals surface area contributed by atoms with E-state index >= 15 is 0 Å². The van der Waals surface area contributed by atoms with Crippen molar-refractivity contribution in [1.29, 1.82) is 0 Å². The highest BCUT2D eigenvalue weighted by molar-refractivity contribution is 5.86. The summed E-state index contributed by atoms with van der Waals surface area (Å²) in [5.41, 5.74) is 0.537. The molecule has 0 aliphatic heterocycles. The molecule has 0 aromatic heterocycles. The number of benzene rings is 1. The zero-order valence-corrected chi connectivity index (χ0v) is 12.3. The molecule has 114 valence electrons. The van der Waals surface area contributed by atoms with Crippen molar-refractivity contribution in [2.24, 2.45) is 0 Å². The van der Waals surface area contributed by atoms with Crippen LogP contribution in [-0.2, 0) is 9.59 Å². The van der Waals surface area contributed by atoms with Crippen LogP contribution >= 0.6 is 0 Å². The predicted molar refractivity (Wildman–Crippen MR) is 78.5 cm³/mol. The Hall–Kier alpha value is -2.50. The number of carboxylic acid groups (broad SMARTS) is 1. The molecule has 0 atom stereocenters. The zero-order valence-electron chi connectivity index (χ0n) is 12.3. The number of rotatable bonds is 7. The molecular formula is C15H19NO5. The Kier molecular flexibility index (Phi) is 6.26. The summed E-state index contributed by atoms with van der Waals surface area (Å²) in [6.45, 7) is 2.11. The molecule has 0 bridgehead atoms. The molecule has 0 saturated carbocycles. The van der Waals surface area contributed by atoms with Crippen molar-refractivity contribution in [2.75, 3.05) is 27.3 Å². The second-order valence-corrected chi connectivity index (χ2v) is 4.36. The van der Waals surface area contributed by atoms with E-state index in [9.17, 15) is 9.59 Å². The van der Waals surface area contributed by atoms with Crippen molar-refractivity contribution in [1.82, 2.24) is 4.90 Å². The van der Waals surface area contributed by atoms with Gasteiger partial charge in [-0.15, -0.1) is 0 Å². The maximum atomic E-state index is 11.6. The van der Waals surface area contributed by atoms with E-state index in [0.717, 1.165) is 6.08 Å². The number of hydrogen-bond acceptors (Lipinski definition) is 4. The van der Waals surface area contributed by atoms with Gasteiger partial charge in [0.05, 0.1) is 6.61 Å². The van der Waals surface area contributed by atoms with Gasteiger partial charge < -0.3 is 19.5 Å². The van der Waals surface area contributed by atoms with E-state index < -0.39 is 5.97 Å². The molecular weight excluding hydrogens is 274 g/mol. The number of aliphatic carboxylic acids is 1. The number of nitrogens with zero attached hydrogens (tertiary/aromatic N) is 1. The highest BCUT2D eigenvalue weighted by atomic mass is 16.5. The largest absolute Gasteiger partial charge is 0.490 e. The lowest BCUT2D eigenvalue weighted by Gasteiger charge is -2.16. The van der Waals surface area contributed by atoms with Crippen molar-refractivity contribution in [2.45, 2.75) is 6.92 Å². The summed E-state index contributed by atoms with van der Waals surface area (Å²) in [7, 11) is 3.26. The van der Waals surface area contributed by atoms with E-state index in [1.54, 1.807) is 32.3 Å². The number of carbonyl (C=O) groups is 2. The molecule has 1 aromatic carbocycles. The topological polar surface area (TPSA) is 76.1 Å². The molecule has 0 saturated heterocycles. The van der Waals surface area contributed by atoms with Crippen LogP contribution in [0.4, 0.5) is 0 Å². The fourth-order valence-corrected chi connectivity index (χ4v) is 1.51. The highest BCUT2D eigenvalue weighted by Crippen LogP contribution is 2.32. The average molecular weight is 293 g/mol. The highest BCUT2D eigenvalue weighted by Gasteiger charge is 2.12. The second kappa shape index (κ2) is 7.94. The van der Waals surface area contributed by atoms with Crippen molar-refractivity contribution >= 4 is 18.0 Å². The summed E-state index contributed by atoms with van der Waals surface area (Å²) in [5.74, 6) is -0.440. The first-order chi connectivity index (χ1) is 9.95. The number of hydrogen-bond donors (Lipinski definition) is 1. The lowest BCUT2D eigenvalue weighted by molar-refractivity contribution is -0.132. The number of carboxylic acids is 1. The summed E-state index contributed by atoms with van der Waals surface area (Å²) in [5, 5.41) is 8.71. The summed E-state index contributed by atoms with van der Waals surface area (Å²) < 4.78 is 11.0. The van der Waals surface area contributed by atoms with Crippen molar-refractivity contribution in [3.63, 3.8) is 0 Å². The Morgan fingerprint density at radius 2 is 2.00 bits per heavy atom. The summed E-state index contributed by atoms with van der Waals surface area (Å²) >= 11 is 0. The monoisotopic (exact) mass is 293 g/mol. The van der Waals surface area contributed by atoms with E-state index in [1.165, 1.54) is 11.0 Å². The number of amides is 1. The van der Waals surface area contributed by atoms with Crippen molar-refractivity contribution in [3.05, 3.63) is 29.8 Å². The summed E-state index contributed by atoms with van der Waals surface area (Å²) in [4.78, 5) is 23.7.